The highest BCUT2D eigenvalue weighted by molar-refractivity contribution is 6.30. The number of nitrogens with one attached hydrogen (secondary N) is 1. The molecule has 2 nitrogen and oxygen atoms in total. The topological polar surface area (TPSA) is 15.3 Å². The molecule has 1 saturated heterocycles. The molecule has 1 heterocycles. The molecule has 0 bridgehead atoms. The van der Waals surface area contributed by atoms with Gasteiger partial charge in [-0.1, -0.05) is 17.7 Å². The molecule has 0 aromatic heterocycles. The van der Waals surface area contributed by atoms with Crippen LogP contribution in [0.25, 0.3) is 0 Å². The molecule has 0 aliphatic carbocycles. The van der Waals surface area contributed by atoms with E-state index in [9.17, 15) is 4.39 Å². The van der Waals surface area contributed by atoms with Gasteiger partial charge < -0.3 is 5.32 Å². The minimum Gasteiger partial charge on any atom is -0.316 e. The molecule has 1 aromatic carbocycles. The lowest BCUT2D eigenvalue weighted by atomic mass is 10.1. The fourth-order valence-electron chi connectivity index (χ4n) is 2.33. The highest BCUT2D eigenvalue weighted by Gasteiger charge is 2.18. The Balaban J connectivity index is 0.00000162. The zero-order chi connectivity index (χ0) is 12.3. The van der Waals surface area contributed by atoms with Gasteiger partial charge in [0.2, 0.25) is 0 Å². The minimum absolute atomic E-state index is 0. The molecule has 1 N–H and O–H groups in total. The zero-order valence-electron chi connectivity index (χ0n) is 10.5. The first-order chi connectivity index (χ1) is 8.19. The second-order valence-electron chi connectivity index (χ2n) is 4.61. The number of likely N-dealkylation sites (N-methyl/N-ethyl adjacent to an activating group) is 1. The Labute approximate surface area is 119 Å². The molecule has 1 aromatic rings. The van der Waals surface area contributed by atoms with Crippen LogP contribution in [0.1, 0.15) is 18.4 Å². The standard InChI is InChI=1S/C13H18ClFN2.ClH/c1-16-11-3-2-6-17(9-11)8-10-4-5-13(15)12(14)7-10;/h4-5,7,11,16H,2-3,6,8-9H2,1H3;1H. The van der Waals surface area contributed by atoms with Crippen LogP contribution < -0.4 is 5.32 Å². The van der Waals surface area contributed by atoms with Gasteiger partial charge >= 0.3 is 0 Å². The second-order valence-corrected chi connectivity index (χ2v) is 5.02. The van der Waals surface area contributed by atoms with Gasteiger partial charge in [-0.2, -0.15) is 0 Å². The summed E-state index contributed by atoms with van der Waals surface area (Å²) >= 11 is 5.78. The lowest BCUT2D eigenvalue weighted by Gasteiger charge is -2.32. The van der Waals surface area contributed by atoms with E-state index in [1.807, 2.05) is 13.1 Å². The average Bonchev–Trinajstić information content (AvgIpc) is 2.34. The average molecular weight is 293 g/mol. The summed E-state index contributed by atoms with van der Waals surface area (Å²) < 4.78 is 13.0. The summed E-state index contributed by atoms with van der Waals surface area (Å²) in [6, 6.07) is 5.54. The first kappa shape index (κ1) is 15.7. The van der Waals surface area contributed by atoms with Gasteiger partial charge in [-0.15, -0.1) is 12.4 Å². The molecule has 2 rings (SSSR count). The van der Waals surface area contributed by atoms with Crippen LogP contribution >= 0.6 is 24.0 Å². The van der Waals surface area contributed by atoms with Gasteiger partial charge in [0.05, 0.1) is 5.02 Å². The van der Waals surface area contributed by atoms with Crippen LogP contribution in [0.5, 0.6) is 0 Å². The lowest BCUT2D eigenvalue weighted by molar-refractivity contribution is 0.188. The Hall–Kier alpha value is -0.350. The number of hydrogen-bond acceptors (Lipinski definition) is 2. The monoisotopic (exact) mass is 292 g/mol. The first-order valence-electron chi connectivity index (χ1n) is 6.02. The van der Waals surface area contributed by atoms with Crippen LogP contribution in [0.2, 0.25) is 5.02 Å². The molecule has 1 aliphatic rings. The number of likely N-dealkylation sites (tertiary alicyclic amines) is 1. The number of hydrogen-bond donors (Lipinski definition) is 1. The summed E-state index contributed by atoms with van der Waals surface area (Å²) in [4.78, 5) is 2.38. The minimum atomic E-state index is -0.345. The number of halogens is 3. The van der Waals surface area contributed by atoms with E-state index in [1.54, 1.807) is 6.07 Å². The van der Waals surface area contributed by atoms with E-state index in [1.165, 1.54) is 18.9 Å². The van der Waals surface area contributed by atoms with Crippen LogP contribution in [-0.2, 0) is 6.54 Å². The van der Waals surface area contributed by atoms with E-state index in [-0.39, 0.29) is 23.2 Å². The normalized spacial score (nSPS) is 20.5. The number of rotatable bonds is 3. The molecule has 0 amide bonds. The Kier molecular flexibility index (Phi) is 6.36. The number of benzene rings is 1. The van der Waals surface area contributed by atoms with Gasteiger partial charge in [0, 0.05) is 19.1 Å². The Morgan fingerprint density at radius 1 is 1.50 bits per heavy atom. The molecule has 1 atom stereocenters. The van der Waals surface area contributed by atoms with Crippen molar-refractivity contribution in [1.29, 1.82) is 0 Å². The van der Waals surface area contributed by atoms with E-state index in [2.05, 4.69) is 10.2 Å². The van der Waals surface area contributed by atoms with E-state index in [4.69, 9.17) is 11.6 Å². The fourth-order valence-corrected chi connectivity index (χ4v) is 2.53. The van der Waals surface area contributed by atoms with Gasteiger partial charge in [0.25, 0.3) is 0 Å². The predicted molar refractivity (Wildman–Crippen MR) is 76.0 cm³/mol. The van der Waals surface area contributed by atoms with Gasteiger partial charge in [-0.3, -0.25) is 4.90 Å². The molecular formula is C13H19Cl2FN2. The molecule has 1 aliphatic heterocycles. The van der Waals surface area contributed by atoms with Crippen molar-refractivity contribution in [3.63, 3.8) is 0 Å². The van der Waals surface area contributed by atoms with Crippen molar-refractivity contribution in [2.24, 2.45) is 0 Å². The van der Waals surface area contributed by atoms with Gasteiger partial charge in [-0.05, 0) is 44.1 Å². The second kappa shape index (κ2) is 7.29. The molecule has 18 heavy (non-hydrogen) atoms. The summed E-state index contributed by atoms with van der Waals surface area (Å²) in [6.07, 6.45) is 2.44. The Morgan fingerprint density at radius 3 is 2.94 bits per heavy atom. The smallest absolute Gasteiger partial charge is 0.141 e. The van der Waals surface area contributed by atoms with Crippen molar-refractivity contribution < 1.29 is 4.39 Å². The summed E-state index contributed by atoms with van der Waals surface area (Å²) in [5.41, 5.74) is 1.08. The predicted octanol–water partition coefficient (Wildman–Crippen LogP) is 3.08. The van der Waals surface area contributed by atoms with Gasteiger partial charge in [0.15, 0.2) is 0 Å². The van der Waals surface area contributed by atoms with Crippen LogP contribution in [0, 0.1) is 5.82 Å². The van der Waals surface area contributed by atoms with E-state index < -0.39 is 0 Å². The number of nitrogens with zero attached hydrogens (tertiary/aromatic N) is 1. The van der Waals surface area contributed by atoms with Crippen molar-refractivity contribution in [3.8, 4) is 0 Å². The third-order valence-electron chi connectivity index (χ3n) is 3.30. The summed E-state index contributed by atoms with van der Waals surface area (Å²) in [5.74, 6) is -0.345. The lowest BCUT2D eigenvalue weighted by Crippen LogP contribution is -2.43. The van der Waals surface area contributed by atoms with Crippen molar-refractivity contribution in [2.75, 3.05) is 20.1 Å². The molecule has 0 spiro atoms. The molecule has 1 fully saturated rings. The van der Waals surface area contributed by atoms with E-state index in [0.717, 1.165) is 25.2 Å². The molecule has 5 heteroatoms. The highest BCUT2D eigenvalue weighted by atomic mass is 35.5. The largest absolute Gasteiger partial charge is 0.316 e. The third-order valence-corrected chi connectivity index (χ3v) is 3.59. The van der Waals surface area contributed by atoms with Gasteiger partial charge in [0.1, 0.15) is 5.82 Å². The van der Waals surface area contributed by atoms with Crippen LogP contribution in [-0.4, -0.2) is 31.1 Å². The Morgan fingerprint density at radius 2 is 2.28 bits per heavy atom. The maximum atomic E-state index is 13.0. The molecule has 102 valence electrons. The molecule has 0 saturated carbocycles. The maximum absolute atomic E-state index is 13.0. The zero-order valence-corrected chi connectivity index (χ0v) is 12.0. The molecular weight excluding hydrogens is 274 g/mol. The first-order valence-corrected chi connectivity index (χ1v) is 6.40. The quantitative estimate of drug-likeness (QED) is 0.921. The van der Waals surface area contributed by atoms with Crippen LogP contribution in [0.15, 0.2) is 18.2 Å². The SMILES string of the molecule is CNC1CCCN(Cc2ccc(F)c(Cl)c2)C1.Cl. The fraction of sp³-hybridized carbons (Fsp3) is 0.538. The van der Waals surface area contributed by atoms with E-state index in [0.29, 0.717) is 6.04 Å². The van der Waals surface area contributed by atoms with Crippen molar-refractivity contribution in [1.82, 2.24) is 10.2 Å². The maximum Gasteiger partial charge on any atom is 0.141 e. The molecule has 0 radical (unpaired) electrons. The summed E-state index contributed by atoms with van der Waals surface area (Å²) in [5, 5.41) is 3.53. The van der Waals surface area contributed by atoms with Crippen molar-refractivity contribution in [3.05, 3.63) is 34.6 Å². The van der Waals surface area contributed by atoms with Crippen LogP contribution in [0.4, 0.5) is 4.39 Å². The van der Waals surface area contributed by atoms with Gasteiger partial charge in [-0.25, -0.2) is 4.39 Å². The van der Waals surface area contributed by atoms with E-state index >= 15 is 0 Å². The molecule has 1 unspecified atom stereocenters. The van der Waals surface area contributed by atoms with Crippen LogP contribution in [0.3, 0.4) is 0 Å². The highest BCUT2D eigenvalue weighted by Crippen LogP contribution is 2.19. The number of piperidine rings is 1. The summed E-state index contributed by atoms with van der Waals surface area (Å²) in [6.45, 7) is 3.00. The Bertz CT molecular complexity index is 387. The van der Waals surface area contributed by atoms with Crippen molar-refractivity contribution >= 4 is 24.0 Å². The third kappa shape index (κ3) is 4.09. The van der Waals surface area contributed by atoms with Crippen molar-refractivity contribution in [2.45, 2.75) is 25.4 Å². The summed E-state index contributed by atoms with van der Waals surface area (Å²) in [7, 11) is 2.00.